The summed E-state index contributed by atoms with van der Waals surface area (Å²) in [6, 6.07) is 14.5. The molecule has 1 N–H and O–H groups in total. The predicted octanol–water partition coefficient (Wildman–Crippen LogP) is 3.37. The molecule has 0 atom stereocenters. The number of nitrogens with one attached hydrogen (secondary N) is 1. The van der Waals surface area contributed by atoms with Crippen molar-refractivity contribution in [3.63, 3.8) is 0 Å². The van der Waals surface area contributed by atoms with Crippen molar-refractivity contribution in [1.82, 2.24) is 19.1 Å². The van der Waals surface area contributed by atoms with Gasteiger partial charge in [0.1, 0.15) is 6.54 Å². The van der Waals surface area contributed by atoms with Crippen LogP contribution in [0, 0.1) is 6.92 Å². The Balaban J connectivity index is 1.45. The maximum absolute atomic E-state index is 13.5. The highest BCUT2D eigenvalue weighted by Crippen LogP contribution is 2.28. The van der Waals surface area contributed by atoms with Crippen LogP contribution in [0.5, 0.6) is 11.5 Å². The van der Waals surface area contributed by atoms with E-state index in [0.717, 1.165) is 25.9 Å². The number of aromatic nitrogens is 4. The van der Waals surface area contributed by atoms with Gasteiger partial charge in [0.05, 0.1) is 30.0 Å². The molecule has 5 aromatic rings. The molecule has 5 rings (SSSR count). The van der Waals surface area contributed by atoms with E-state index >= 15 is 0 Å². The van der Waals surface area contributed by atoms with Gasteiger partial charge in [0.15, 0.2) is 22.1 Å². The molecule has 3 aromatic heterocycles. The van der Waals surface area contributed by atoms with Crippen LogP contribution in [0.1, 0.15) is 11.1 Å². The number of rotatable bonds is 8. The van der Waals surface area contributed by atoms with Crippen molar-refractivity contribution in [3.8, 4) is 11.5 Å². The van der Waals surface area contributed by atoms with E-state index in [0.29, 0.717) is 28.6 Å². The first-order valence-corrected chi connectivity index (χ1v) is 12.7. The summed E-state index contributed by atoms with van der Waals surface area (Å²) >= 11 is 1.36. The van der Waals surface area contributed by atoms with Crippen molar-refractivity contribution < 1.29 is 14.3 Å². The summed E-state index contributed by atoms with van der Waals surface area (Å²) in [7, 11) is 3.09. The van der Waals surface area contributed by atoms with Crippen LogP contribution in [0.15, 0.2) is 64.3 Å². The molecule has 0 unspecified atom stereocenters. The zero-order valence-electron chi connectivity index (χ0n) is 21.1. The van der Waals surface area contributed by atoms with E-state index in [2.05, 4.69) is 15.3 Å². The Kier molecular flexibility index (Phi) is 6.93. The summed E-state index contributed by atoms with van der Waals surface area (Å²) in [5.74, 6) is 0.703. The second kappa shape index (κ2) is 10.5. The number of fused-ring (bicyclic) bond motifs is 2. The Bertz CT molecular complexity index is 1790. The number of aryl methyl sites for hydroxylation is 2. The fourth-order valence-electron chi connectivity index (χ4n) is 4.26. The van der Waals surface area contributed by atoms with Gasteiger partial charge < -0.3 is 14.8 Å². The van der Waals surface area contributed by atoms with Crippen molar-refractivity contribution >= 4 is 43.6 Å². The highest BCUT2D eigenvalue weighted by atomic mass is 32.1. The van der Waals surface area contributed by atoms with E-state index in [-0.39, 0.29) is 18.6 Å². The average Bonchev–Trinajstić information content (AvgIpc) is 3.31. The molecular weight excluding hydrogens is 506 g/mol. The number of carbonyl (C=O) groups is 1. The molecule has 10 nitrogen and oxygen atoms in total. The van der Waals surface area contributed by atoms with Gasteiger partial charge in [0, 0.05) is 12.7 Å². The van der Waals surface area contributed by atoms with Crippen molar-refractivity contribution in [2.45, 2.75) is 26.4 Å². The van der Waals surface area contributed by atoms with E-state index in [1.54, 1.807) is 38.5 Å². The van der Waals surface area contributed by atoms with E-state index in [1.165, 1.54) is 22.1 Å². The largest absolute Gasteiger partial charge is 0.493 e. The van der Waals surface area contributed by atoms with Gasteiger partial charge >= 0.3 is 5.69 Å². The van der Waals surface area contributed by atoms with Gasteiger partial charge in [-0.3, -0.25) is 18.7 Å². The lowest BCUT2D eigenvalue weighted by atomic mass is 10.1. The molecule has 0 saturated heterocycles. The van der Waals surface area contributed by atoms with Crippen LogP contribution in [0.3, 0.4) is 0 Å². The number of pyridine rings is 1. The van der Waals surface area contributed by atoms with E-state index < -0.39 is 17.2 Å². The minimum Gasteiger partial charge on any atom is -0.493 e. The molecule has 11 heteroatoms. The number of thiazole rings is 1. The van der Waals surface area contributed by atoms with Crippen molar-refractivity contribution in [2.24, 2.45) is 0 Å². The number of hydrogen-bond acceptors (Lipinski definition) is 8. The minimum atomic E-state index is -0.592. The quantitative estimate of drug-likeness (QED) is 0.326. The summed E-state index contributed by atoms with van der Waals surface area (Å²) in [5, 5.41) is 3.22. The number of methoxy groups -OCH3 is 2. The normalized spacial score (nSPS) is 11.1. The van der Waals surface area contributed by atoms with Crippen molar-refractivity contribution in [2.75, 3.05) is 19.5 Å². The Morgan fingerprint density at radius 3 is 2.63 bits per heavy atom. The topological polar surface area (TPSA) is 117 Å². The molecule has 0 aliphatic heterocycles. The fraction of sp³-hybridized carbons (Fsp3) is 0.222. The van der Waals surface area contributed by atoms with Crippen LogP contribution < -0.4 is 26.0 Å². The highest BCUT2D eigenvalue weighted by molar-refractivity contribution is 7.22. The monoisotopic (exact) mass is 531 g/mol. The Labute approximate surface area is 221 Å². The molecule has 0 radical (unpaired) electrons. The van der Waals surface area contributed by atoms with Gasteiger partial charge in [0.2, 0.25) is 5.91 Å². The molecule has 3 heterocycles. The lowest BCUT2D eigenvalue weighted by molar-refractivity contribution is -0.116. The second-order valence-corrected chi connectivity index (χ2v) is 9.71. The Hall–Kier alpha value is -4.51. The fourth-order valence-corrected chi connectivity index (χ4v) is 5.24. The second-order valence-electron chi connectivity index (χ2n) is 8.67. The highest BCUT2D eigenvalue weighted by Gasteiger charge is 2.17. The molecule has 0 saturated carbocycles. The molecule has 1 amide bonds. The molecule has 38 heavy (non-hydrogen) atoms. The lowest BCUT2D eigenvalue weighted by Gasteiger charge is -2.14. The third kappa shape index (κ3) is 4.88. The van der Waals surface area contributed by atoms with Crippen LogP contribution in [0.2, 0.25) is 0 Å². The lowest BCUT2D eigenvalue weighted by Crippen LogP contribution is -2.42. The smallest absolute Gasteiger partial charge is 0.332 e. The molecular formula is C27H25N5O5S. The van der Waals surface area contributed by atoms with Crippen LogP contribution in [0.25, 0.3) is 21.3 Å². The molecule has 0 aliphatic rings. The summed E-state index contributed by atoms with van der Waals surface area (Å²) in [4.78, 5) is 48.3. The minimum absolute atomic E-state index is 0.0957. The first-order valence-electron chi connectivity index (χ1n) is 11.8. The van der Waals surface area contributed by atoms with Crippen molar-refractivity contribution in [3.05, 3.63) is 86.7 Å². The molecule has 0 bridgehead atoms. The SMILES string of the molecule is COc1ccc(CCn2c(=O)c3ncccc3n(CC(=O)Nc3nc4ccc(C)cc4s3)c2=O)cc1OC. The average molecular weight is 532 g/mol. The number of nitrogens with zero attached hydrogens (tertiary/aromatic N) is 4. The number of amides is 1. The molecule has 194 valence electrons. The zero-order valence-corrected chi connectivity index (χ0v) is 21.9. The maximum atomic E-state index is 13.5. The van der Waals surface area contributed by atoms with Crippen molar-refractivity contribution in [1.29, 1.82) is 0 Å². The van der Waals surface area contributed by atoms with Gasteiger partial charge in [-0.2, -0.15) is 0 Å². The van der Waals surface area contributed by atoms with Crippen LogP contribution >= 0.6 is 11.3 Å². The number of carbonyl (C=O) groups excluding carboxylic acids is 1. The van der Waals surface area contributed by atoms with E-state index in [4.69, 9.17) is 9.47 Å². The van der Waals surface area contributed by atoms with Gasteiger partial charge in [-0.1, -0.05) is 23.5 Å². The van der Waals surface area contributed by atoms with Gasteiger partial charge in [-0.05, 0) is 60.9 Å². The Morgan fingerprint density at radius 2 is 1.84 bits per heavy atom. The summed E-state index contributed by atoms with van der Waals surface area (Å²) in [6.45, 7) is 1.79. The van der Waals surface area contributed by atoms with Gasteiger partial charge in [-0.25, -0.2) is 14.8 Å². The third-order valence-corrected chi connectivity index (χ3v) is 7.08. The number of benzene rings is 2. The standard InChI is InChI=1S/C27H25N5O5S/c1-16-6-8-18-22(13-16)38-26(29-18)30-23(33)15-32-19-5-4-11-28-24(19)25(34)31(27(32)35)12-10-17-7-9-20(36-2)21(14-17)37-3/h4-9,11,13-14H,10,12,15H2,1-3H3,(H,29,30,33). The van der Waals surface area contributed by atoms with Crippen LogP contribution in [-0.4, -0.2) is 39.2 Å². The zero-order chi connectivity index (χ0) is 26.8. The summed E-state index contributed by atoms with van der Waals surface area (Å²) < 4.78 is 14.0. The first kappa shape index (κ1) is 25.2. The first-order chi connectivity index (χ1) is 18.4. The van der Waals surface area contributed by atoms with Gasteiger partial charge in [-0.15, -0.1) is 0 Å². The number of hydrogen-bond donors (Lipinski definition) is 1. The Morgan fingerprint density at radius 1 is 1.03 bits per heavy atom. The number of anilines is 1. The summed E-state index contributed by atoms with van der Waals surface area (Å²) in [6.07, 6.45) is 1.87. The molecule has 0 aliphatic carbocycles. The molecule has 0 fully saturated rings. The third-order valence-electron chi connectivity index (χ3n) is 6.15. The van der Waals surface area contributed by atoms with Crippen LogP contribution in [0.4, 0.5) is 5.13 Å². The van der Waals surface area contributed by atoms with E-state index in [1.807, 2.05) is 31.2 Å². The maximum Gasteiger partial charge on any atom is 0.332 e. The van der Waals surface area contributed by atoms with E-state index in [9.17, 15) is 14.4 Å². The molecule has 0 spiro atoms. The van der Waals surface area contributed by atoms with Gasteiger partial charge in [0.25, 0.3) is 5.56 Å². The molecule has 2 aromatic carbocycles. The predicted molar refractivity (Wildman–Crippen MR) is 146 cm³/mol. The summed E-state index contributed by atoms with van der Waals surface area (Å²) in [5.41, 5.74) is 2.04. The number of ether oxygens (including phenoxy) is 2. The van der Waals surface area contributed by atoms with Crippen LogP contribution in [-0.2, 0) is 24.3 Å².